The lowest BCUT2D eigenvalue weighted by Gasteiger charge is -2.35. The van der Waals surface area contributed by atoms with Crippen molar-refractivity contribution in [2.45, 2.75) is 51.0 Å². The van der Waals surface area contributed by atoms with Crippen molar-refractivity contribution in [3.05, 3.63) is 17.6 Å². The molecule has 96 valence electrons. The lowest BCUT2D eigenvalue weighted by Crippen LogP contribution is -2.42. The van der Waals surface area contributed by atoms with Crippen LogP contribution in [0.25, 0.3) is 0 Å². The third kappa shape index (κ3) is 2.00. The second kappa shape index (κ2) is 5.04. The summed E-state index contributed by atoms with van der Waals surface area (Å²) >= 11 is 0. The van der Waals surface area contributed by atoms with Crippen LogP contribution in [0.1, 0.15) is 43.4 Å². The minimum absolute atomic E-state index is 0.0136. The number of fused-ring (bicyclic) bond motifs is 1. The molecule has 2 heterocycles. The number of aldehydes is 1. The highest BCUT2D eigenvalue weighted by molar-refractivity contribution is 5.66. The molecule has 0 saturated carbocycles. The fraction of sp³-hybridized carbons (Fsp3) is 0.643. The van der Waals surface area contributed by atoms with Crippen LogP contribution in [0, 0.1) is 0 Å². The highest BCUT2D eigenvalue weighted by Crippen LogP contribution is 2.30. The predicted octanol–water partition coefficient (Wildman–Crippen LogP) is 1.91. The van der Waals surface area contributed by atoms with Crippen molar-refractivity contribution in [3.8, 4) is 0 Å². The van der Waals surface area contributed by atoms with Gasteiger partial charge in [0, 0.05) is 17.8 Å². The van der Waals surface area contributed by atoms with Crippen LogP contribution < -0.4 is 4.90 Å². The molecule has 0 bridgehead atoms. The number of aromatic nitrogens is 2. The first-order valence-electron chi connectivity index (χ1n) is 6.95. The fourth-order valence-corrected chi connectivity index (χ4v) is 3.11. The van der Waals surface area contributed by atoms with Gasteiger partial charge in [0.2, 0.25) is 0 Å². The molecule has 3 rings (SSSR count). The molecule has 1 aromatic heterocycles. The van der Waals surface area contributed by atoms with Gasteiger partial charge in [-0.2, -0.15) is 0 Å². The van der Waals surface area contributed by atoms with Crippen molar-refractivity contribution in [2.75, 3.05) is 11.4 Å². The van der Waals surface area contributed by atoms with Gasteiger partial charge < -0.3 is 9.69 Å². The van der Waals surface area contributed by atoms with Gasteiger partial charge >= 0.3 is 0 Å². The molecular formula is C14H19N3O. The van der Waals surface area contributed by atoms with Gasteiger partial charge in [-0.1, -0.05) is 0 Å². The van der Waals surface area contributed by atoms with Gasteiger partial charge in [-0.3, -0.25) is 0 Å². The number of nitrogens with zero attached hydrogens (tertiary/aromatic N) is 3. The molecule has 0 amide bonds. The first-order chi connectivity index (χ1) is 8.90. The van der Waals surface area contributed by atoms with Gasteiger partial charge in [0.1, 0.15) is 18.4 Å². The number of carbonyl (C=O) groups is 1. The number of carbonyl (C=O) groups excluding carboxylic acids is 1. The molecular weight excluding hydrogens is 226 g/mol. The Balaban J connectivity index is 1.97. The summed E-state index contributed by atoms with van der Waals surface area (Å²) in [5, 5.41) is 0. The summed E-state index contributed by atoms with van der Waals surface area (Å²) in [6, 6.07) is 0.0136. The van der Waals surface area contributed by atoms with E-state index in [2.05, 4.69) is 14.9 Å². The maximum atomic E-state index is 11.2. The summed E-state index contributed by atoms with van der Waals surface area (Å²) in [5.74, 6) is 1.02. The molecule has 2 aliphatic rings. The van der Waals surface area contributed by atoms with Crippen molar-refractivity contribution >= 4 is 12.1 Å². The topological polar surface area (TPSA) is 46.1 Å². The Labute approximate surface area is 107 Å². The smallest absolute Gasteiger partial charge is 0.142 e. The van der Waals surface area contributed by atoms with E-state index in [4.69, 9.17) is 0 Å². The molecule has 1 aliphatic heterocycles. The molecule has 1 aromatic rings. The molecule has 0 radical (unpaired) electrons. The van der Waals surface area contributed by atoms with Crippen LogP contribution in [0.4, 0.5) is 5.82 Å². The summed E-state index contributed by atoms with van der Waals surface area (Å²) in [5.41, 5.74) is 2.49. The Bertz CT molecular complexity index is 447. The zero-order valence-electron chi connectivity index (χ0n) is 10.6. The van der Waals surface area contributed by atoms with Crippen LogP contribution in [0.3, 0.4) is 0 Å². The first-order valence-corrected chi connectivity index (χ1v) is 6.95. The average molecular weight is 245 g/mol. The minimum atomic E-state index is 0.0136. The minimum Gasteiger partial charge on any atom is -0.347 e. The van der Waals surface area contributed by atoms with Crippen molar-refractivity contribution in [1.82, 2.24) is 9.97 Å². The predicted molar refractivity (Wildman–Crippen MR) is 69.7 cm³/mol. The quantitative estimate of drug-likeness (QED) is 0.747. The Morgan fingerprint density at radius 2 is 2.06 bits per heavy atom. The van der Waals surface area contributed by atoms with E-state index in [0.717, 1.165) is 50.8 Å². The SMILES string of the molecule is O=CC1CCCCN1c1ncnc2c1CCCC2. The van der Waals surface area contributed by atoms with E-state index in [9.17, 15) is 4.79 Å². The van der Waals surface area contributed by atoms with Gasteiger partial charge in [-0.05, 0) is 44.9 Å². The Morgan fingerprint density at radius 3 is 2.94 bits per heavy atom. The summed E-state index contributed by atoms with van der Waals surface area (Å²) in [6.07, 6.45) is 10.6. The molecule has 0 N–H and O–H groups in total. The first kappa shape index (κ1) is 11.6. The van der Waals surface area contributed by atoms with E-state index < -0.39 is 0 Å². The Morgan fingerprint density at radius 1 is 1.17 bits per heavy atom. The number of hydrogen-bond donors (Lipinski definition) is 0. The monoisotopic (exact) mass is 245 g/mol. The van der Waals surface area contributed by atoms with Crippen molar-refractivity contribution in [3.63, 3.8) is 0 Å². The third-order valence-electron chi connectivity index (χ3n) is 4.08. The van der Waals surface area contributed by atoms with E-state index in [1.165, 1.54) is 24.1 Å². The normalized spacial score (nSPS) is 23.6. The number of anilines is 1. The molecule has 1 atom stereocenters. The van der Waals surface area contributed by atoms with Crippen LogP contribution in [-0.4, -0.2) is 28.8 Å². The van der Waals surface area contributed by atoms with E-state index in [1.54, 1.807) is 6.33 Å². The standard InChI is InChI=1S/C14H19N3O/c18-9-11-5-3-4-8-17(11)14-12-6-1-2-7-13(12)15-10-16-14/h9-11H,1-8H2. The summed E-state index contributed by atoms with van der Waals surface area (Å²) in [6.45, 7) is 0.951. The van der Waals surface area contributed by atoms with Crippen molar-refractivity contribution < 1.29 is 4.79 Å². The van der Waals surface area contributed by atoms with E-state index >= 15 is 0 Å². The van der Waals surface area contributed by atoms with Crippen molar-refractivity contribution in [2.24, 2.45) is 0 Å². The van der Waals surface area contributed by atoms with Crippen LogP contribution in [-0.2, 0) is 17.6 Å². The van der Waals surface area contributed by atoms with Crippen LogP contribution in [0.5, 0.6) is 0 Å². The summed E-state index contributed by atoms with van der Waals surface area (Å²) in [4.78, 5) is 22.3. The molecule has 1 aliphatic carbocycles. The highest BCUT2D eigenvalue weighted by atomic mass is 16.1. The molecule has 4 nitrogen and oxygen atoms in total. The zero-order chi connectivity index (χ0) is 12.4. The highest BCUT2D eigenvalue weighted by Gasteiger charge is 2.27. The largest absolute Gasteiger partial charge is 0.347 e. The van der Waals surface area contributed by atoms with Gasteiger partial charge in [-0.25, -0.2) is 9.97 Å². The number of rotatable bonds is 2. The molecule has 1 unspecified atom stereocenters. The second-order valence-corrected chi connectivity index (χ2v) is 5.22. The maximum Gasteiger partial charge on any atom is 0.142 e. The maximum absolute atomic E-state index is 11.2. The molecule has 0 spiro atoms. The lowest BCUT2D eigenvalue weighted by atomic mass is 9.94. The van der Waals surface area contributed by atoms with Crippen LogP contribution >= 0.6 is 0 Å². The van der Waals surface area contributed by atoms with Gasteiger partial charge in [0.05, 0.1) is 6.04 Å². The van der Waals surface area contributed by atoms with Gasteiger partial charge in [0.15, 0.2) is 0 Å². The Kier molecular flexibility index (Phi) is 3.26. The van der Waals surface area contributed by atoms with Crippen LogP contribution in [0.2, 0.25) is 0 Å². The number of hydrogen-bond acceptors (Lipinski definition) is 4. The fourth-order valence-electron chi connectivity index (χ4n) is 3.11. The average Bonchev–Trinajstić information content (AvgIpc) is 2.46. The summed E-state index contributed by atoms with van der Waals surface area (Å²) in [7, 11) is 0. The van der Waals surface area contributed by atoms with Crippen LogP contribution in [0.15, 0.2) is 6.33 Å². The third-order valence-corrected chi connectivity index (χ3v) is 4.08. The number of aryl methyl sites for hydroxylation is 1. The van der Waals surface area contributed by atoms with E-state index in [-0.39, 0.29) is 6.04 Å². The number of piperidine rings is 1. The molecule has 18 heavy (non-hydrogen) atoms. The summed E-state index contributed by atoms with van der Waals surface area (Å²) < 4.78 is 0. The zero-order valence-corrected chi connectivity index (χ0v) is 10.6. The van der Waals surface area contributed by atoms with E-state index in [0.29, 0.717) is 0 Å². The molecule has 0 aromatic carbocycles. The van der Waals surface area contributed by atoms with E-state index in [1.807, 2.05) is 0 Å². The molecule has 1 saturated heterocycles. The molecule has 4 heteroatoms. The van der Waals surface area contributed by atoms with Gasteiger partial charge in [-0.15, -0.1) is 0 Å². The molecule has 1 fully saturated rings. The second-order valence-electron chi connectivity index (χ2n) is 5.22. The lowest BCUT2D eigenvalue weighted by molar-refractivity contribution is -0.109. The Hall–Kier alpha value is -1.45. The van der Waals surface area contributed by atoms with Crippen molar-refractivity contribution in [1.29, 1.82) is 0 Å². The van der Waals surface area contributed by atoms with Gasteiger partial charge in [0.25, 0.3) is 0 Å².